The van der Waals surface area contributed by atoms with Crippen LogP contribution in [0.4, 0.5) is 11.4 Å². The lowest BCUT2D eigenvalue weighted by molar-refractivity contribution is -0.396. The highest BCUT2D eigenvalue weighted by atomic mass is 32.2. The van der Waals surface area contributed by atoms with E-state index in [1.54, 1.807) is 0 Å². The number of benzene rings is 1. The van der Waals surface area contributed by atoms with Gasteiger partial charge in [0.05, 0.1) is 26.7 Å². The van der Waals surface area contributed by atoms with Crippen molar-refractivity contribution in [3.8, 4) is 0 Å². The first-order chi connectivity index (χ1) is 7.56. The summed E-state index contributed by atoms with van der Waals surface area (Å²) in [6.45, 7) is 0. The van der Waals surface area contributed by atoms with E-state index in [1.165, 1.54) is 19.2 Å². The molecule has 7 nitrogen and oxygen atoms in total. The lowest BCUT2D eigenvalue weighted by Gasteiger charge is -2.01. The average Bonchev–Trinajstić information content (AvgIpc) is 2.25. The fourth-order valence-electron chi connectivity index (χ4n) is 1.01. The minimum absolute atomic E-state index is 0.249. The van der Waals surface area contributed by atoms with Crippen LogP contribution in [0.15, 0.2) is 23.1 Å². The molecule has 0 aliphatic heterocycles. The topological polar surface area (TPSA) is 95.5 Å². The van der Waals surface area contributed by atoms with Crippen molar-refractivity contribution in [3.05, 3.63) is 38.4 Å². The van der Waals surface area contributed by atoms with Crippen molar-refractivity contribution in [2.24, 2.45) is 0 Å². The summed E-state index contributed by atoms with van der Waals surface area (Å²) in [5.41, 5.74) is -0.579. The van der Waals surface area contributed by atoms with Crippen LogP contribution in [0.1, 0.15) is 0 Å². The Labute approximate surface area is 94.7 Å². The molecular formula is C8H8N2O5S. The predicted octanol–water partition coefficient (Wildman–Crippen LogP) is 2.20. The summed E-state index contributed by atoms with van der Waals surface area (Å²) in [6.07, 6.45) is 0. The average molecular weight is 244 g/mol. The molecule has 0 radical (unpaired) electrons. The highest BCUT2D eigenvalue weighted by Crippen LogP contribution is 2.32. The van der Waals surface area contributed by atoms with Crippen molar-refractivity contribution in [1.82, 2.24) is 0 Å². The van der Waals surface area contributed by atoms with Crippen LogP contribution >= 0.6 is 11.8 Å². The second-order valence-electron chi connectivity index (χ2n) is 2.72. The molecule has 1 aromatic carbocycles. The molecule has 1 aromatic rings. The first kappa shape index (κ1) is 12.4. The number of hydrogen-bond acceptors (Lipinski definition) is 6. The zero-order chi connectivity index (χ0) is 12.1. The molecular weight excluding hydrogens is 236 g/mol. The molecule has 0 aromatic heterocycles. The van der Waals surface area contributed by atoms with Gasteiger partial charge in [-0.25, -0.2) is 0 Å². The Kier molecular flexibility index (Phi) is 4.20. The monoisotopic (exact) mass is 244 g/mol. The van der Waals surface area contributed by atoms with E-state index in [0.29, 0.717) is 4.90 Å². The van der Waals surface area contributed by atoms with Gasteiger partial charge in [0.1, 0.15) is 0 Å². The SMILES string of the molecule is COCSc1ccc([N+](=O)[O-])cc1[N+](=O)[O-]. The number of nitrogens with zero attached hydrogens (tertiary/aromatic N) is 2. The minimum atomic E-state index is -0.669. The van der Waals surface area contributed by atoms with Gasteiger partial charge in [-0.2, -0.15) is 0 Å². The third-order valence-corrected chi connectivity index (χ3v) is 2.69. The number of thioether (sulfide) groups is 1. The summed E-state index contributed by atoms with van der Waals surface area (Å²) in [7, 11) is 1.46. The first-order valence-corrected chi connectivity index (χ1v) is 5.09. The lowest BCUT2D eigenvalue weighted by Crippen LogP contribution is -1.95. The van der Waals surface area contributed by atoms with Crippen LogP contribution in [-0.4, -0.2) is 22.9 Å². The Morgan fingerprint density at radius 3 is 2.50 bits per heavy atom. The van der Waals surface area contributed by atoms with Gasteiger partial charge in [0.2, 0.25) is 0 Å². The van der Waals surface area contributed by atoms with E-state index >= 15 is 0 Å². The van der Waals surface area contributed by atoms with Crippen molar-refractivity contribution in [3.63, 3.8) is 0 Å². The number of nitro benzene ring substituents is 2. The number of methoxy groups -OCH3 is 1. The molecule has 86 valence electrons. The molecule has 0 amide bonds. The molecule has 0 fully saturated rings. The van der Waals surface area contributed by atoms with E-state index in [1.807, 2.05) is 0 Å². The van der Waals surface area contributed by atoms with Crippen LogP contribution in [-0.2, 0) is 4.74 Å². The number of hydrogen-bond donors (Lipinski definition) is 0. The van der Waals surface area contributed by atoms with Crippen molar-refractivity contribution >= 4 is 23.1 Å². The summed E-state index contributed by atoms with van der Waals surface area (Å²) in [5.74, 6) is 0.249. The largest absolute Gasteiger partial charge is 0.374 e. The maximum absolute atomic E-state index is 10.7. The van der Waals surface area contributed by atoms with Crippen LogP contribution < -0.4 is 0 Å². The third-order valence-electron chi connectivity index (χ3n) is 1.68. The molecule has 0 aliphatic rings. The molecule has 0 unspecified atom stereocenters. The normalized spacial score (nSPS) is 10.1. The molecule has 0 saturated heterocycles. The van der Waals surface area contributed by atoms with E-state index in [4.69, 9.17) is 4.74 Å². The number of non-ortho nitro benzene ring substituents is 1. The van der Waals surface area contributed by atoms with Gasteiger partial charge in [-0.15, -0.1) is 0 Å². The van der Waals surface area contributed by atoms with Gasteiger partial charge in [-0.3, -0.25) is 20.2 Å². The smallest absolute Gasteiger partial charge is 0.289 e. The van der Waals surface area contributed by atoms with Crippen molar-refractivity contribution in [1.29, 1.82) is 0 Å². The van der Waals surface area contributed by atoms with Gasteiger partial charge < -0.3 is 4.74 Å². The highest BCUT2D eigenvalue weighted by molar-refractivity contribution is 7.99. The van der Waals surface area contributed by atoms with Gasteiger partial charge in [0, 0.05) is 13.2 Å². The molecule has 0 spiro atoms. The third kappa shape index (κ3) is 2.91. The number of nitro groups is 2. The van der Waals surface area contributed by atoms with Crippen LogP contribution in [0.25, 0.3) is 0 Å². The Balaban J connectivity index is 3.09. The predicted molar refractivity (Wildman–Crippen MR) is 57.5 cm³/mol. The van der Waals surface area contributed by atoms with Gasteiger partial charge in [-0.1, -0.05) is 11.8 Å². The van der Waals surface area contributed by atoms with Crippen LogP contribution in [0.5, 0.6) is 0 Å². The minimum Gasteiger partial charge on any atom is -0.374 e. The lowest BCUT2D eigenvalue weighted by atomic mass is 10.3. The molecule has 0 N–H and O–H groups in total. The fraction of sp³-hybridized carbons (Fsp3) is 0.250. The molecule has 0 heterocycles. The fourth-order valence-corrected chi connectivity index (χ4v) is 1.70. The van der Waals surface area contributed by atoms with Gasteiger partial charge in [0.15, 0.2) is 0 Å². The molecule has 1 rings (SSSR count). The summed E-state index contributed by atoms with van der Waals surface area (Å²) in [5, 5.41) is 21.1. The summed E-state index contributed by atoms with van der Waals surface area (Å²) >= 11 is 1.11. The summed E-state index contributed by atoms with van der Waals surface area (Å²) in [6, 6.07) is 3.52. The number of ether oxygens (including phenoxy) is 1. The maximum atomic E-state index is 10.7. The second-order valence-corrected chi connectivity index (χ2v) is 3.68. The molecule has 0 bridgehead atoms. The van der Waals surface area contributed by atoms with E-state index in [9.17, 15) is 20.2 Å². The van der Waals surface area contributed by atoms with Gasteiger partial charge in [-0.05, 0) is 6.07 Å². The molecule has 8 heteroatoms. The quantitative estimate of drug-likeness (QED) is 0.341. The standard InChI is InChI=1S/C8H8N2O5S/c1-15-5-16-8-3-2-6(9(11)12)4-7(8)10(13)14/h2-4H,5H2,1H3. The van der Waals surface area contributed by atoms with Gasteiger partial charge >= 0.3 is 0 Å². The van der Waals surface area contributed by atoms with Crippen molar-refractivity contribution < 1.29 is 14.6 Å². The Morgan fingerprint density at radius 1 is 1.31 bits per heavy atom. The highest BCUT2D eigenvalue weighted by Gasteiger charge is 2.19. The molecule has 0 saturated carbocycles. The van der Waals surface area contributed by atoms with E-state index in [0.717, 1.165) is 17.8 Å². The Bertz CT molecular complexity index is 423. The van der Waals surface area contributed by atoms with E-state index in [2.05, 4.69) is 0 Å². The molecule has 0 aliphatic carbocycles. The zero-order valence-corrected chi connectivity index (χ0v) is 9.10. The van der Waals surface area contributed by atoms with E-state index < -0.39 is 9.85 Å². The summed E-state index contributed by atoms with van der Waals surface area (Å²) < 4.78 is 4.76. The first-order valence-electron chi connectivity index (χ1n) is 4.11. The maximum Gasteiger partial charge on any atom is 0.289 e. The van der Waals surface area contributed by atoms with Crippen molar-refractivity contribution in [2.45, 2.75) is 4.90 Å². The van der Waals surface area contributed by atoms with Crippen LogP contribution in [0.2, 0.25) is 0 Å². The molecule has 0 atom stereocenters. The number of rotatable bonds is 5. The van der Waals surface area contributed by atoms with Gasteiger partial charge in [0.25, 0.3) is 11.4 Å². The zero-order valence-electron chi connectivity index (χ0n) is 8.28. The van der Waals surface area contributed by atoms with Crippen molar-refractivity contribution in [2.75, 3.05) is 13.0 Å². The Hall–Kier alpha value is -1.67. The van der Waals surface area contributed by atoms with Crippen LogP contribution in [0.3, 0.4) is 0 Å². The van der Waals surface area contributed by atoms with Crippen LogP contribution in [0, 0.1) is 20.2 Å². The molecule has 16 heavy (non-hydrogen) atoms. The summed E-state index contributed by atoms with van der Waals surface area (Å²) in [4.78, 5) is 20.2. The van der Waals surface area contributed by atoms with E-state index in [-0.39, 0.29) is 17.3 Å². The Morgan fingerprint density at radius 2 is 2.00 bits per heavy atom. The second kappa shape index (κ2) is 5.42.